The molecule has 108 valence electrons. The zero-order valence-electron chi connectivity index (χ0n) is 11.4. The van der Waals surface area contributed by atoms with Gasteiger partial charge >= 0.3 is 5.97 Å². The van der Waals surface area contributed by atoms with E-state index in [9.17, 15) is 4.79 Å². The Morgan fingerprint density at radius 3 is 2.85 bits per heavy atom. The third-order valence-electron chi connectivity index (χ3n) is 2.89. The Hall–Kier alpha value is -1.14. The number of fused-ring (bicyclic) bond motifs is 1. The standard InChI is InChI=1S/C13H15BrClN3O2/c1-4-20-13(19)8(3)18-11(7(2)15)17-10-5-9(14)6-16-12(10)18/h5-8H,4H2,1-3H3. The van der Waals surface area contributed by atoms with Gasteiger partial charge in [0.15, 0.2) is 5.65 Å². The fraction of sp³-hybridized carbons (Fsp3) is 0.462. The number of rotatable bonds is 4. The van der Waals surface area contributed by atoms with Gasteiger partial charge in [-0.25, -0.2) is 14.8 Å². The van der Waals surface area contributed by atoms with Crippen LogP contribution in [0.3, 0.4) is 0 Å². The predicted molar refractivity (Wildman–Crippen MR) is 80.8 cm³/mol. The van der Waals surface area contributed by atoms with Crippen molar-refractivity contribution in [3.63, 3.8) is 0 Å². The molecule has 0 radical (unpaired) electrons. The van der Waals surface area contributed by atoms with Gasteiger partial charge in [0, 0.05) is 10.7 Å². The normalized spacial score (nSPS) is 14.2. The number of hydrogen-bond donors (Lipinski definition) is 0. The highest BCUT2D eigenvalue weighted by atomic mass is 79.9. The number of hydrogen-bond acceptors (Lipinski definition) is 4. The van der Waals surface area contributed by atoms with Crippen molar-refractivity contribution in [1.29, 1.82) is 0 Å². The van der Waals surface area contributed by atoms with Gasteiger partial charge in [-0.05, 0) is 42.8 Å². The molecule has 2 rings (SSSR count). The lowest BCUT2D eigenvalue weighted by Gasteiger charge is -2.16. The van der Waals surface area contributed by atoms with E-state index >= 15 is 0 Å². The molecule has 5 nitrogen and oxygen atoms in total. The minimum atomic E-state index is -0.523. The van der Waals surface area contributed by atoms with Crippen molar-refractivity contribution in [3.05, 3.63) is 22.6 Å². The molecule has 2 heterocycles. The summed E-state index contributed by atoms with van der Waals surface area (Å²) in [6.07, 6.45) is 1.67. The molecule has 0 saturated heterocycles. The van der Waals surface area contributed by atoms with E-state index in [2.05, 4.69) is 25.9 Å². The van der Waals surface area contributed by atoms with Crippen molar-refractivity contribution >= 4 is 44.7 Å². The van der Waals surface area contributed by atoms with Crippen LogP contribution in [-0.4, -0.2) is 27.1 Å². The number of carbonyl (C=O) groups is 1. The minimum absolute atomic E-state index is 0.324. The summed E-state index contributed by atoms with van der Waals surface area (Å²) < 4.78 is 7.63. The van der Waals surface area contributed by atoms with Crippen LogP contribution in [0.25, 0.3) is 11.2 Å². The molecule has 0 N–H and O–H groups in total. The van der Waals surface area contributed by atoms with Crippen LogP contribution < -0.4 is 0 Å². The third kappa shape index (κ3) is 2.81. The monoisotopic (exact) mass is 359 g/mol. The molecule has 2 aromatic heterocycles. The molecule has 2 unspecified atom stereocenters. The first-order valence-electron chi connectivity index (χ1n) is 6.29. The van der Waals surface area contributed by atoms with E-state index in [1.807, 2.05) is 13.0 Å². The highest BCUT2D eigenvalue weighted by Crippen LogP contribution is 2.28. The quantitative estimate of drug-likeness (QED) is 0.617. The summed E-state index contributed by atoms with van der Waals surface area (Å²) in [6.45, 7) is 5.68. The molecule has 0 fully saturated rings. The Morgan fingerprint density at radius 2 is 2.25 bits per heavy atom. The fourth-order valence-electron chi connectivity index (χ4n) is 2.01. The molecule has 20 heavy (non-hydrogen) atoms. The average molecular weight is 361 g/mol. The first-order valence-corrected chi connectivity index (χ1v) is 7.52. The highest BCUT2D eigenvalue weighted by Gasteiger charge is 2.25. The molecule has 2 aromatic rings. The molecule has 0 aliphatic carbocycles. The maximum atomic E-state index is 12.0. The molecule has 0 aliphatic heterocycles. The van der Waals surface area contributed by atoms with Gasteiger partial charge in [-0.3, -0.25) is 4.57 Å². The molecule has 0 amide bonds. The zero-order valence-corrected chi connectivity index (χ0v) is 13.8. The summed E-state index contributed by atoms with van der Waals surface area (Å²) in [5, 5.41) is -0.333. The number of carbonyl (C=O) groups excluding carboxylic acids is 1. The van der Waals surface area contributed by atoms with Gasteiger partial charge in [0.05, 0.1) is 12.0 Å². The molecule has 2 atom stereocenters. The van der Waals surface area contributed by atoms with Crippen LogP contribution in [0.15, 0.2) is 16.7 Å². The van der Waals surface area contributed by atoms with Crippen molar-refractivity contribution in [2.75, 3.05) is 6.61 Å². The molecule has 0 spiro atoms. The Labute approximate surface area is 130 Å². The van der Waals surface area contributed by atoms with Gasteiger partial charge in [-0.1, -0.05) is 0 Å². The molecule has 7 heteroatoms. The van der Waals surface area contributed by atoms with E-state index in [1.165, 1.54) is 0 Å². The third-order valence-corrected chi connectivity index (χ3v) is 3.52. The van der Waals surface area contributed by atoms with Gasteiger partial charge in [0.2, 0.25) is 0 Å². The lowest BCUT2D eigenvalue weighted by atomic mass is 10.3. The van der Waals surface area contributed by atoms with Crippen LogP contribution >= 0.6 is 27.5 Å². The number of alkyl halides is 1. The van der Waals surface area contributed by atoms with E-state index in [4.69, 9.17) is 16.3 Å². The van der Waals surface area contributed by atoms with Crippen molar-refractivity contribution < 1.29 is 9.53 Å². The molecular weight excluding hydrogens is 346 g/mol. The number of ether oxygens (including phenoxy) is 1. The van der Waals surface area contributed by atoms with E-state index in [-0.39, 0.29) is 11.3 Å². The molecular formula is C13H15BrClN3O2. The molecule has 0 bridgehead atoms. The van der Waals surface area contributed by atoms with Crippen molar-refractivity contribution in [3.8, 4) is 0 Å². The maximum absolute atomic E-state index is 12.0. The Kier molecular flexibility index (Phi) is 4.65. The van der Waals surface area contributed by atoms with Gasteiger partial charge in [0.1, 0.15) is 17.4 Å². The van der Waals surface area contributed by atoms with Crippen LogP contribution in [0.4, 0.5) is 0 Å². The SMILES string of the molecule is CCOC(=O)C(C)n1c(C(C)Cl)nc2cc(Br)cnc21. The highest BCUT2D eigenvalue weighted by molar-refractivity contribution is 9.10. The van der Waals surface area contributed by atoms with Crippen LogP contribution in [0.5, 0.6) is 0 Å². The number of aromatic nitrogens is 3. The summed E-state index contributed by atoms with van der Waals surface area (Å²) in [5.74, 6) is 0.280. The number of imidazole rings is 1. The number of esters is 1. The van der Waals surface area contributed by atoms with Crippen LogP contribution in [0.2, 0.25) is 0 Å². The van der Waals surface area contributed by atoms with E-state index in [1.54, 1.807) is 24.6 Å². The molecule has 0 saturated carbocycles. The number of nitrogens with zero attached hydrogens (tertiary/aromatic N) is 3. The van der Waals surface area contributed by atoms with E-state index in [0.717, 1.165) is 4.47 Å². The lowest BCUT2D eigenvalue weighted by Crippen LogP contribution is -2.21. The average Bonchev–Trinajstić information content (AvgIpc) is 2.76. The van der Waals surface area contributed by atoms with Crippen LogP contribution in [0.1, 0.15) is 38.0 Å². The second kappa shape index (κ2) is 6.10. The van der Waals surface area contributed by atoms with E-state index in [0.29, 0.717) is 23.6 Å². The van der Waals surface area contributed by atoms with Crippen molar-refractivity contribution in [1.82, 2.24) is 14.5 Å². The van der Waals surface area contributed by atoms with Crippen LogP contribution in [-0.2, 0) is 9.53 Å². The van der Waals surface area contributed by atoms with Gasteiger partial charge in [0.25, 0.3) is 0 Å². The second-order valence-corrected chi connectivity index (χ2v) is 5.95. The first-order chi connectivity index (χ1) is 9.45. The molecule has 0 aromatic carbocycles. The summed E-state index contributed by atoms with van der Waals surface area (Å²) >= 11 is 9.53. The van der Waals surface area contributed by atoms with Gasteiger partial charge < -0.3 is 4.74 Å². The first kappa shape index (κ1) is 15.3. The molecule has 0 aliphatic rings. The number of halogens is 2. The van der Waals surface area contributed by atoms with Crippen molar-refractivity contribution in [2.24, 2.45) is 0 Å². The second-order valence-electron chi connectivity index (χ2n) is 4.38. The van der Waals surface area contributed by atoms with Crippen molar-refractivity contribution in [2.45, 2.75) is 32.2 Å². The van der Waals surface area contributed by atoms with Crippen LogP contribution in [0, 0.1) is 0 Å². The zero-order chi connectivity index (χ0) is 14.9. The number of pyridine rings is 1. The Bertz CT molecular complexity index is 642. The summed E-state index contributed by atoms with van der Waals surface area (Å²) in [7, 11) is 0. The minimum Gasteiger partial charge on any atom is -0.464 e. The smallest absolute Gasteiger partial charge is 0.328 e. The Balaban J connectivity index is 2.59. The summed E-state index contributed by atoms with van der Waals surface area (Å²) in [5.41, 5.74) is 1.31. The van der Waals surface area contributed by atoms with E-state index < -0.39 is 6.04 Å². The fourth-order valence-corrected chi connectivity index (χ4v) is 2.48. The summed E-state index contributed by atoms with van der Waals surface area (Å²) in [4.78, 5) is 20.8. The Morgan fingerprint density at radius 1 is 1.55 bits per heavy atom. The lowest BCUT2D eigenvalue weighted by molar-refractivity contribution is -0.146. The summed E-state index contributed by atoms with van der Waals surface area (Å²) in [6, 6.07) is 1.32. The predicted octanol–water partition coefficient (Wildman–Crippen LogP) is 3.62. The van der Waals surface area contributed by atoms with Gasteiger partial charge in [-0.2, -0.15) is 0 Å². The van der Waals surface area contributed by atoms with Gasteiger partial charge in [-0.15, -0.1) is 11.6 Å². The maximum Gasteiger partial charge on any atom is 0.328 e. The largest absolute Gasteiger partial charge is 0.464 e. The topological polar surface area (TPSA) is 57.0 Å².